The Hall–Kier alpha value is -2.69. The first-order chi connectivity index (χ1) is 11.0. The van der Waals surface area contributed by atoms with E-state index in [2.05, 4.69) is 10.5 Å². The van der Waals surface area contributed by atoms with Crippen molar-refractivity contribution in [1.82, 2.24) is 10.1 Å². The molecule has 1 unspecified atom stereocenters. The van der Waals surface area contributed by atoms with Crippen molar-refractivity contribution < 1.29 is 14.4 Å². The maximum atomic E-state index is 11.9. The van der Waals surface area contributed by atoms with Gasteiger partial charge in [-0.1, -0.05) is 17.3 Å². The van der Waals surface area contributed by atoms with Gasteiger partial charge in [0, 0.05) is 12.6 Å². The number of amides is 1. The lowest BCUT2D eigenvalue weighted by Gasteiger charge is -2.20. The summed E-state index contributed by atoms with van der Waals surface area (Å²) in [6.45, 7) is 2.14. The summed E-state index contributed by atoms with van der Waals surface area (Å²) < 4.78 is 4.87. The van der Waals surface area contributed by atoms with Crippen molar-refractivity contribution in [3.8, 4) is 6.07 Å². The lowest BCUT2D eigenvalue weighted by atomic mass is 10.1. The van der Waals surface area contributed by atoms with Crippen LogP contribution >= 0.6 is 0 Å². The molecule has 2 rings (SSSR count). The number of anilines is 1. The highest BCUT2D eigenvalue weighted by atomic mass is 16.5. The van der Waals surface area contributed by atoms with E-state index in [9.17, 15) is 9.90 Å². The van der Waals surface area contributed by atoms with Crippen LogP contribution in [-0.4, -0.2) is 41.2 Å². The summed E-state index contributed by atoms with van der Waals surface area (Å²) in [5.74, 6) is 0.742. The van der Waals surface area contributed by atoms with Crippen molar-refractivity contribution in [3.05, 3.63) is 47.2 Å². The number of nitrogens with zero attached hydrogens (tertiary/aromatic N) is 3. The minimum absolute atomic E-state index is 0.110. The molecule has 0 aliphatic carbocycles. The molecule has 1 amide bonds. The molecule has 1 atom stereocenters. The number of nitrogens with one attached hydrogen (secondary N) is 1. The molecule has 120 valence electrons. The zero-order valence-corrected chi connectivity index (χ0v) is 13.0. The van der Waals surface area contributed by atoms with Gasteiger partial charge >= 0.3 is 0 Å². The summed E-state index contributed by atoms with van der Waals surface area (Å²) >= 11 is 0. The van der Waals surface area contributed by atoms with E-state index in [1.807, 2.05) is 6.07 Å². The van der Waals surface area contributed by atoms with Crippen LogP contribution < -0.4 is 5.32 Å². The highest BCUT2D eigenvalue weighted by Crippen LogP contribution is 2.14. The maximum Gasteiger partial charge on any atom is 0.239 e. The largest absolute Gasteiger partial charge is 0.387 e. The molecule has 7 heteroatoms. The molecule has 0 fully saturated rings. The number of carbonyl (C=O) groups is 1. The molecule has 0 saturated carbocycles. The van der Waals surface area contributed by atoms with Crippen LogP contribution in [0.2, 0.25) is 0 Å². The Bertz CT molecular complexity index is 703. The highest BCUT2D eigenvalue weighted by molar-refractivity contribution is 5.91. The molecule has 1 heterocycles. The molecule has 0 aliphatic rings. The summed E-state index contributed by atoms with van der Waals surface area (Å²) in [5, 5.41) is 25.2. The van der Waals surface area contributed by atoms with Crippen LogP contribution in [0.25, 0.3) is 0 Å². The van der Waals surface area contributed by atoms with E-state index in [0.717, 1.165) is 0 Å². The van der Waals surface area contributed by atoms with Crippen molar-refractivity contribution in [3.63, 3.8) is 0 Å². The Morgan fingerprint density at radius 3 is 2.74 bits per heavy atom. The number of rotatable bonds is 6. The van der Waals surface area contributed by atoms with Crippen LogP contribution in [0.3, 0.4) is 0 Å². The van der Waals surface area contributed by atoms with Gasteiger partial charge in [-0.3, -0.25) is 9.69 Å². The topological polar surface area (TPSA) is 102 Å². The lowest BCUT2D eigenvalue weighted by molar-refractivity contribution is -0.117. The average molecular weight is 314 g/mol. The molecule has 0 bridgehead atoms. The van der Waals surface area contributed by atoms with Crippen molar-refractivity contribution in [2.24, 2.45) is 0 Å². The first-order valence-electron chi connectivity index (χ1n) is 7.08. The second-order valence-corrected chi connectivity index (χ2v) is 5.32. The van der Waals surface area contributed by atoms with Crippen molar-refractivity contribution in [2.75, 3.05) is 25.5 Å². The zero-order chi connectivity index (χ0) is 16.8. The number of carbonyl (C=O) groups excluding carboxylic acids is 1. The predicted octanol–water partition coefficient (Wildman–Crippen LogP) is 1.46. The summed E-state index contributed by atoms with van der Waals surface area (Å²) in [4.78, 5) is 13.6. The van der Waals surface area contributed by atoms with Gasteiger partial charge in [0.05, 0.1) is 24.3 Å². The second-order valence-electron chi connectivity index (χ2n) is 5.32. The number of aryl methyl sites for hydroxylation is 1. The molecule has 1 aromatic carbocycles. The maximum absolute atomic E-state index is 11.9. The van der Waals surface area contributed by atoms with Gasteiger partial charge in [-0.05, 0) is 31.7 Å². The van der Waals surface area contributed by atoms with Gasteiger partial charge in [0.15, 0.2) is 5.82 Å². The van der Waals surface area contributed by atoms with Gasteiger partial charge in [-0.25, -0.2) is 0 Å². The van der Waals surface area contributed by atoms with Crippen LogP contribution in [0, 0.1) is 18.3 Å². The molecular formula is C16H18N4O3. The molecule has 0 saturated heterocycles. The molecule has 0 spiro atoms. The molecular weight excluding hydrogens is 296 g/mol. The van der Waals surface area contributed by atoms with Gasteiger partial charge in [0.2, 0.25) is 5.91 Å². The Morgan fingerprint density at radius 1 is 1.48 bits per heavy atom. The molecule has 7 nitrogen and oxygen atoms in total. The average Bonchev–Trinajstić information content (AvgIpc) is 2.91. The first kappa shape index (κ1) is 16.7. The SMILES string of the molecule is Cc1cc(NC(=O)CN(C)CC(O)c2ccc(C#N)cc2)no1. The third-order valence-corrected chi connectivity index (χ3v) is 3.22. The van der Waals surface area contributed by atoms with E-state index in [0.29, 0.717) is 22.7 Å². The Labute approximate surface area is 134 Å². The number of aliphatic hydroxyl groups excluding tert-OH is 1. The lowest BCUT2D eigenvalue weighted by Crippen LogP contribution is -2.33. The van der Waals surface area contributed by atoms with E-state index in [1.165, 1.54) is 0 Å². The number of hydrogen-bond donors (Lipinski definition) is 2. The van der Waals surface area contributed by atoms with Crippen LogP contribution in [-0.2, 0) is 4.79 Å². The highest BCUT2D eigenvalue weighted by Gasteiger charge is 2.14. The van der Waals surface area contributed by atoms with Crippen molar-refractivity contribution in [1.29, 1.82) is 5.26 Å². The fourth-order valence-electron chi connectivity index (χ4n) is 2.10. The molecule has 1 aromatic heterocycles. The predicted molar refractivity (Wildman–Crippen MR) is 83.5 cm³/mol. The van der Waals surface area contributed by atoms with E-state index in [4.69, 9.17) is 9.78 Å². The standard InChI is InChI=1S/C16H18N4O3/c1-11-7-15(19-23-11)18-16(22)10-20(2)9-14(21)13-5-3-12(8-17)4-6-13/h3-7,14,21H,9-10H2,1-2H3,(H,18,19,22). The summed E-state index contributed by atoms with van der Waals surface area (Å²) in [5.41, 5.74) is 1.24. The van der Waals surface area contributed by atoms with Gasteiger partial charge in [0.25, 0.3) is 0 Å². The number of aliphatic hydroxyl groups is 1. The normalized spacial score (nSPS) is 12.0. The quantitative estimate of drug-likeness (QED) is 0.837. The van der Waals surface area contributed by atoms with E-state index in [-0.39, 0.29) is 19.0 Å². The minimum Gasteiger partial charge on any atom is -0.387 e. The Balaban J connectivity index is 1.84. The fourth-order valence-corrected chi connectivity index (χ4v) is 2.10. The molecule has 23 heavy (non-hydrogen) atoms. The second kappa shape index (κ2) is 7.54. The van der Waals surface area contributed by atoms with Crippen LogP contribution in [0.5, 0.6) is 0 Å². The molecule has 2 aromatic rings. The number of nitriles is 1. The number of benzene rings is 1. The smallest absolute Gasteiger partial charge is 0.239 e. The van der Waals surface area contributed by atoms with Crippen molar-refractivity contribution >= 4 is 11.7 Å². The molecule has 2 N–H and O–H groups in total. The number of aromatic nitrogens is 1. The summed E-state index contributed by atoms with van der Waals surface area (Å²) in [6, 6.07) is 10.4. The minimum atomic E-state index is -0.741. The van der Waals surface area contributed by atoms with Crippen molar-refractivity contribution in [2.45, 2.75) is 13.0 Å². The van der Waals surface area contributed by atoms with Crippen LogP contribution in [0.15, 0.2) is 34.9 Å². The number of likely N-dealkylation sites (N-methyl/N-ethyl adjacent to an activating group) is 1. The zero-order valence-electron chi connectivity index (χ0n) is 13.0. The monoisotopic (exact) mass is 314 g/mol. The van der Waals surface area contributed by atoms with Crippen LogP contribution in [0.4, 0.5) is 5.82 Å². The fraction of sp³-hybridized carbons (Fsp3) is 0.312. The third-order valence-electron chi connectivity index (χ3n) is 3.22. The first-order valence-corrected chi connectivity index (χ1v) is 7.08. The Kier molecular flexibility index (Phi) is 5.46. The molecule has 0 radical (unpaired) electrons. The van der Waals surface area contributed by atoms with Gasteiger partial charge < -0.3 is 14.9 Å². The Morgan fingerprint density at radius 2 is 2.17 bits per heavy atom. The van der Waals surface area contributed by atoms with Gasteiger partial charge in [-0.15, -0.1) is 0 Å². The summed E-state index contributed by atoms with van der Waals surface area (Å²) in [6.07, 6.45) is -0.741. The molecule has 0 aliphatic heterocycles. The van der Waals surface area contributed by atoms with Crippen LogP contribution in [0.1, 0.15) is 23.0 Å². The third kappa shape index (κ3) is 4.92. The van der Waals surface area contributed by atoms with E-state index in [1.54, 1.807) is 49.2 Å². The van der Waals surface area contributed by atoms with E-state index >= 15 is 0 Å². The van der Waals surface area contributed by atoms with Gasteiger partial charge in [-0.2, -0.15) is 5.26 Å². The summed E-state index contributed by atoms with van der Waals surface area (Å²) in [7, 11) is 1.74. The number of hydrogen-bond acceptors (Lipinski definition) is 6. The van der Waals surface area contributed by atoms with E-state index < -0.39 is 6.10 Å². The van der Waals surface area contributed by atoms with Gasteiger partial charge in [0.1, 0.15) is 5.76 Å².